The van der Waals surface area contributed by atoms with Gasteiger partial charge in [-0.15, -0.1) is 0 Å². The van der Waals surface area contributed by atoms with Gasteiger partial charge in [-0.1, -0.05) is 12.1 Å². The van der Waals surface area contributed by atoms with Crippen molar-refractivity contribution in [1.82, 2.24) is 14.5 Å². The number of para-hydroxylation sites is 1. The van der Waals surface area contributed by atoms with Crippen LogP contribution in [0.2, 0.25) is 0 Å². The fourth-order valence-corrected chi connectivity index (χ4v) is 2.32. The molecule has 0 aliphatic carbocycles. The molecule has 2 aromatic heterocycles. The van der Waals surface area contributed by atoms with Crippen molar-refractivity contribution >= 4 is 17.0 Å². The molecule has 1 N–H and O–H groups in total. The first-order valence-electron chi connectivity index (χ1n) is 6.37. The Labute approximate surface area is 120 Å². The minimum absolute atomic E-state index is 0.200. The molecule has 0 saturated carbocycles. The molecule has 3 rings (SSSR count). The summed E-state index contributed by atoms with van der Waals surface area (Å²) in [6, 6.07) is 8.86. The van der Waals surface area contributed by atoms with Crippen LogP contribution in [0, 0.1) is 6.92 Å². The van der Waals surface area contributed by atoms with Gasteiger partial charge in [0.2, 0.25) is 0 Å². The van der Waals surface area contributed by atoms with Gasteiger partial charge in [-0.05, 0) is 30.7 Å². The molecule has 3 aromatic rings. The topological polar surface area (TPSA) is 77.0 Å². The van der Waals surface area contributed by atoms with Crippen molar-refractivity contribution < 1.29 is 9.53 Å². The molecule has 106 valence electrons. The molecule has 2 heterocycles. The van der Waals surface area contributed by atoms with E-state index in [9.17, 15) is 9.59 Å². The molecular weight excluding hydrogens is 270 g/mol. The summed E-state index contributed by atoms with van der Waals surface area (Å²) in [5.74, 6) is -0.510. The van der Waals surface area contributed by atoms with Crippen molar-refractivity contribution in [3.05, 3.63) is 58.3 Å². The average molecular weight is 283 g/mol. The number of nitrogens with zero attached hydrogens (tertiary/aromatic N) is 2. The number of benzene rings is 1. The number of carbonyl (C=O) groups excluding carboxylic acids is 1. The lowest BCUT2D eigenvalue weighted by molar-refractivity contribution is 0.0594. The van der Waals surface area contributed by atoms with Crippen LogP contribution in [0.3, 0.4) is 0 Å². The van der Waals surface area contributed by atoms with Crippen LogP contribution in [0.1, 0.15) is 16.1 Å². The van der Waals surface area contributed by atoms with E-state index in [1.165, 1.54) is 19.4 Å². The van der Waals surface area contributed by atoms with Crippen LogP contribution in [0.25, 0.3) is 16.7 Å². The minimum Gasteiger partial charge on any atom is -0.464 e. The normalized spacial score (nSPS) is 10.8. The van der Waals surface area contributed by atoms with Crippen molar-refractivity contribution in [3.8, 4) is 5.69 Å². The van der Waals surface area contributed by atoms with Gasteiger partial charge in [0.1, 0.15) is 5.69 Å². The van der Waals surface area contributed by atoms with E-state index in [1.54, 1.807) is 10.6 Å². The lowest BCUT2D eigenvalue weighted by Crippen LogP contribution is -2.15. The molecule has 0 fully saturated rings. The number of rotatable bonds is 2. The number of ether oxygens (including phenoxy) is 1. The summed E-state index contributed by atoms with van der Waals surface area (Å²) in [6.07, 6.45) is 1.48. The predicted octanol–water partition coefficient (Wildman–Crippen LogP) is 1.81. The summed E-state index contributed by atoms with van der Waals surface area (Å²) >= 11 is 0. The van der Waals surface area contributed by atoms with Gasteiger partial charge in [-0.2, -0.15) is 0 Å². The fraction of sp³-hybridized carbons (Fsp3) is 0.133. The summed E-state index contributed by atoms with van der Waals surface area (Å²) in [5.41, 5.74) is 3.08. The van der Waals surface area contributed by atoms with Gasteiger partial charge in [0, 0.05) is 0 Å². The summed E-state index contributed by atoms with van der Waals surface area (Å²) in [5, 5.41) is 0. The molecular formula is C15H13N3O3. The number of nitrogens with one attached hydrogen (secondary N) is 1. The van der Waals surface area contributed by atoms with Crippen LogP contribution in [0.5, 0.6) is 0 Å². The number of carbonyl (C=O) groups is 1. The third-order valence-corrected chi connectivity index (χ3v) is 3.31. The van der Waals surface area contributed by atoms with Gasteiger partial charge < -0.3 is 9.72 Å². The molecule has 0 aliphatic rings. The van der Waals surface area contributed by atoms with E-state index in [0.717, 1.165) is 16.6 Å². The fourth-order valence-electron chi connectivity index (χ4n) is 2.32. The SMILES string of the molecule is COC(=O)c1ccc(-n2c(=O)[nH]c3cccc(C)c32)cn1. The number of esters is 1. The summed E-state index contributed by atoms with van der Waals surface area (Å²) < 4.78 is 6.14. The van der Waals surface area contributed by atoms with E-state index >= 15 is 0 Å². The number of imidazole rings is 1. The summed E-state index contributed by atoms with van der Waals surface area (Å²) in [6.45, 7) is 1.93. The Morgan fingerprint density at radius 3 is 2.76 bits per heavy atom. The van der Waals surface area contributed by atoms with E-state index in [4.69, 9.17) is 0 Å². The number of fused-ring (bicyclic) bond motifs is 1. The lowest BCUT2D eigenvalue weighted by Gasteiger charge is -2.05. The maximum absolute atomic E-state index is 12.2. The number of aryl methyl sites for hydroxylation is 1. The van der Waals surface area contributed by atoms with Gasteiger partial charge in [-0.25, -0.2) is 14.6 Å². The van der Waals surface area contributed by atoms with E-state index in [0.29, 0.717) is 5.69 Å². The first kappa shape index (κ1) is 13.1. The molecule has 0 aliphatic heterocycles. The van der Waals surface area contributed by atoms with Crippen LogP contribution in [-0.4, -0.2) is 27.6 Å². The molecule has 0 bridgehead atoms. The average Bonchev–Trinajstić information content (AvgIpc) is 2.84. The maximum atomic E-state index is 12.2. The van der Waals surface area contributed by atoms with E-state index < -0.39 is 5.97 Å². The molecule has 21 heavy (non-hydrogen) atoms. The molecule has 0 atom stereocenters. The quantitative estimate of drug-likeness (QED) is 0.728. The van der Waals surface area contributed by atoms with Gasteiger partial charge >= 0.3 is 11.7 Å². The number of hydrogen-bond acceptors (Lipinski definition) is 4. The van der Waals surface area contributed by atoms with Gasteiger partial charge in [-0.3, -0.25) is 4.57 Å². The van der Waals surface area contributed by atoms with Crippen molar-refractivity contribution in [2.45, 2.75) is 6.92 Å². The van der Waals surface area contributed by atoms with Crippen molar-refractivity contribution in [1.29, 1.82) is 0 Å². The molecule has 6 heteroatoms. The van der Waals surface area contributed by atoms with Crippen molar-refractivity contribution in [2.75, 3.05) is 7.11 Å². The summed E-state index contributed by atoms with van der Waals surface area (Å²) in [4.78, 5) is 30.4. The number of pyridine rings is 1. The van der Waals surface area contributed by atoms with E-state index in [-0.39, 0.29) is 11.4 Å². The Morgan fingerprint density at radius 2 is 2.10 bits per heavy atom. The Kier molecular flexibility index (Phi) is 3.06. The van der Waals surface area contributed by atoms with Crippen molar-refractivity contribution in [3.63, 3.8) is 0 Å². The second-order valence-electron chi connectivity index (χ2n) is 4.63. The van der Waals surface area contributed by atoms with Gasteiger partial charge in [0.25, 0.3) is 0 Å². The predicted molar refractivity (Wildman–Crippen MR) is 77.8 cm³/mol. The zero-order chi connectivity index (χ0) is 15.0. The van der Waals surface area contributed by atoms with Crippen LogP contribution >= 0.6 is 0 Å². The first-order valence-corrected chi connectivity index (χ1v) is 6.37. The van der Waals surface area contributed by atoms with Crippen LogP contribution in [0.15, 0.2) is 41.3 Å². The number of aromatic amines is 1. The van der Waals surface area contributed by atoms with Crippen LogP contribution < -0.4 is 5.69 Å². The first-order chi connectivity index (χ1) is 10.1. The molecule has 1 aromatic carbocycles. The maximum Gasteiger partial charge on any atom is 0.356 e. The zero-order valence-electron chi connectivity index (χ0n) is 11.6. The summed E-state index contributed by atoms with van der Waals surface area (Å²) in [7, 11) is 1.30. The minimum atomic E-state index is -0.510. The molecule has 0 amide bonds. The molecule has 0 unspecified atom stereocenters. The lowest BCUT2D eigenvalue weighted by atomic mass is 10.2. The number of hydrogen-bond donors (Lipinski definition) is 1. The Balaban J connectivity index is 2.19. The van der Waals surface area contributed by atoms with Crippen molar-refractivity contribution in [2.24, 2.45) is 0 Å². The molecule has 0 radical (unpaired) electrons. The van der Waals surface area contributed by atoms with Crippen LogP contribution in [0.4, 0.5) is 0 Å². The third kappa shape index (κ3) is 2.10. The third-order valence-electron chi connectivity index (χ3n) is 3.31. The number of H-pyrrole nitrogens is 1. The Hall–Kier alpha value is -2.89. The number of aromatic nitrogens is 3. The highest BCUT2D eigenvalue weighted by Gasteiger charge is 2.12. The second kappa shape index (κ2) is 4.90. The van der Waals surface area contributed by atoms with Gasteiger partial charge in [0.05, 0.1) is 30.0 Å². The highest BCUT2D eigenvalue weighted by molar-refractivity contribution is 5.87. The Bertz CT molecular complexity index is 875. The van der Waals surface area contributed by atoms with Gasteiger partial charge in [0.15, 0.2) is 0 Å². The molecule has 0 spiro atoms. The largest absolute Gasteiger partial charge is 0.464 e. The highest BCUT2D eigenvalue weighted by atomic mass is 16.5. The molecule has 0 saturated heterocycles. The second-order valence-corrected chi connectivity index (χ2v) is 4.63. The smallest absolute Gasteiger partial charge is 0.356 e. The zero-order valence-corrected chi connectivity index (χ0v) is 11.6. The Morgan fingerprint density at radius 1 is 1.29 bits per heavy atom. The highest BCUT2D eigenvalue weighted by Crippen LogP contribution is 2.18. The standard InChI is InChI=1S/C15H13N3O3/c1-9-4-3-5-11-13(9)18(15(20)17-11)10-6-7-12(16-8-10)14(19)21-2/h3-8H,1-2H3,(H,17,20). The molecule has 6 nitrogen and oxygen atoms in total. The van der Waals surface area contributed by atoms with E-state index in [1.807, 2.05) is 25.1 Å². The number of methoxy groups -OCH3 is 1. The van der Waals surface area contributed by atoms with Crippen LogP contribution in [-0.2, 0) is 4.74 Å². The van der Waals surface area contributed by atoms with E-state index in [2.05, 4.69) is 14.7 Å². The monoisotopic (exact) mass is 283 g/mol.